The fourth-order valence-electron chi connectivity index (χ4n) is 3.00. The summed E-state index contributed by atoms with van der Waals surface area (Å²) in [7, 11) is 0. The van der Waals surface area contributed by atoms with Crippen LogP contribution in [-0.2, 0) is 9.59 Å². The number of piperidine rings is 1. The number of ketones is 2. The van der Waals surface area contributed by atoms with E-state index in [1.807, 2.05) is 38.1 Å². The Bertz CT molecular complexity index is 569. The lowest BCUT2D eigenvalue weighted by atomic mass is 9.91. The summed E-state index contributed by atoms with van der Waals surface area (Å²) in [6, 6.07) is 7.43. The Morgan fingerprint density at radius 2 is 1.65 bits per heavy atom. The van der Waals surface area contributed by atoms with Crippen LogP contribution in [0.15, 0.2) is 24.3 Å². The van der Waals surface area contributed by atoms with Crippen molar-refractivity contribution in [2.75, 3.05) is 13.1 Å². The minimum absolute atomic E-state index is 0.00870. The molecular formula is C19H25NO3. The molecule has 0 aliphatic carbocycles. The molecule has 1 aliphatic rings. The highest BCUT2D eigenvalue weighted by Crippen LogP contribution is 2.20. The Balaban J connectivity index is 1.78. The van der Waals surface area contributed by atoms with Crippen LogP contribution in [0.3, 0.4) is 0 Å². The number of carbonyl (C=O) groups is 3. The fraction of sp³-hybridized carbons (Fsp3) is 0.526. The minimum Gasteiger partial charge on any atom is -0.343 e. The molecule has 124 valence electrons. The lowest BCUT2D eigenvalue weighted by Gasteiger charge is -2.31. The third-order valence-electron chi connectivity index (χ3n) is 4.59. The molecule has 2 rings (SSSR count). The second-order valence-electron chi connectivity index (χ2n) is 6.26. The lowest BCUT2D eigenvalue weighted by Crippen LogP contribution is -2.40. The van der Waals surface area contributed by atoms with Crippen LogP contribution in [-0.4, -0.2) is 35.5 Å². The molecule has 1 fully saturated rings. The van der Waals surface area contributed by atoms with Crippen LogP contribution in [0.4, 0.5) is 0 Å². The summed E-state index contributed by atoms with van der Waals surface area (Å²) in [5, 5.41) is 0. The van der Waals surface area contributed by atoms with Crippen LogP contribution < -0.4 is 0 Å². The number of hydrogen-bond acceptors (Lipinski definition) is 3. The van der Waals surface area contributed by atoms with Crippen LogP contribution in [0.2, 0.25) is 0 Å². The number of likely N-dealkylation sites (tertiary alicyclic amines) is 1. The number of aryl methyl sites for hydroxylation is 1. The summed E-state index contributed by atoms with van der Waals surface area (Å²) < 4.78 is 0. The predicted molar refractivity (Wildman–Crippen MR) is 89.3 cm³/mol. The van der Waals surface area contributed by atoms with E-state index in [1.165, 1.54) is 0 Å². The predicted octanol–water partition coefficient (Wildman–Crippen LogP) is 3.18. The Hall–Kier alpha value is -1.97. The normalized spacial score (nSPS) is 15.5. The molecule has 1 saturated heterocycles. The summed E-state index contributed by atoms with van der Waals surface area (Å²) >= 11 is 0. The molecule has 4 nitrogen and oxygen atoms in total. The van der Waals surface area contributed by atoms with Gasteiger partial charge in [-0.1, -0.05) is 36.8 Å². The molecule has 1 aromatic carbocycles. The summed E-state index contributed by atoms with van der Waals surface area (Å²) in [6.07, 6.45) is 2.58. The largest absolute Gasteiger partial charge is 0.343 e. The van der Waals surface area contributed by atoms with Crippen molar-refractivity contribution in [3.05, 3.63) is 35.4 Å². The summed E-state index contributed by atoms with van der Waals surface area (Å²) in [4.78, 5) is 37.8. The number of carbonyl (C=O) groups excluding carboxylic acids is 3. The van der Waals surface area contributed by atoms with E-state index >= 15 is 0 Å². The molecule has 0 N–H and O–H groups in total. The average Bonchev–Trinajstić information content (AvgIpc) is 2.59. The molecule has 4 heteroatoms. The molecule has 0 saturated carbocycles. The molecule has 0 atom stereocenters. The van der Waals surface area contributed by atoms with Crippen molar-refractivity contribution in [2.24, 2.45) is 5.92 Å². The Morgan fingerprint density at radius 3 is 2.22 bits per heavy atom. The Kier molecular flexibility index (Phi) is 6.08. The zero-order valence-corrected chi connectivity index (χ0v) is 14.0. The maximum atomic E-state index is 12.2. The zero-order chi connectivity index (χ0) is 16.8. The van der Waals surface area contributed by atoms with Crippen molar-refractivity contribution < 1.29 is 14.4 Å². The lowest BCUT2D eigenvalue weighted by molar-refractivity contribution is -0.134. The van der Waals surface area contributed by atoms with E-state index in [1.54, 1.807) is 4.90 Å². The van der Waals surface area contributed by atoms with E-state index in [9.17, 15) is 14.4 Å². The first-order valence-corrected chi connectivity index (χ1v) is 8.41. The van der Waals surface area contributed by atoms with Gasteiger partial charge < -0.3 is 4.90 Å². The monoisotopic (exact) mass is 315 g/mol. The minimum atomic E-state index is 0.00870. The molecular weight excluding hydrogens is 290 g/mol. The highest BCUT2D eigenvalue weighted by molar-refractivity contribution is 5.98. The first-order chi connectivity index (χ1) is 11.0. The van der Waals surface area contributed by atoms with E-state index in [-0.39, 0.29) is 30.4 Å². The molecule has 1 heterocycles. The van der Waals surface area contributed by atoms with Gasteiger partial charge in [0.15, 0.2) is 5.78 Å². The average molecular weight is 315 g/mol. The summed E-state index contributed by atoms with van der Waals surface area (Å²) in [5.41, 5.74) is 1.78. The van der Waals surface area contributed by atoms with Gasteiger partial charge in [0, 0.05) is 43.8 Å². The first-order valence-electron chi connectivity index (χ1n) is 8.41. The summed E-state index contributed by atoms with van der Waals surface area (Å²) in [5.74, 6) is 0.437. The third-order valence-corrected chi connectivity index (χ3v) is 4.59. The van der Waals surface area contributed by atoms with E-state index in [2.05, 4.69) is 0 Å². The Morgan fingerprint density at radius 1 is 1.04 bits per heavy atom. The van der Waals surface area contributed by atoms with Gasteiger partial charge in [0.1, 0.15) is 5.78 Å². The number of rotatable bonds is 6. The van der Waals surface area contributed by atoms with Crippen LogP contribution in [0.25, 0.3) is 0 Å². The van der Waals surface area contributed by atoms with Crippen LogP contribution in [0.5, 0.6) is 0 Å². The standard InChI is InChI=1S/C19H25NO3/c1-3-17(21)16-10-12-20(13-11-16)19(23)9-8-18(22)15-6-4-14(2)5-7-15/h4-7,16H,3,8-13H2,1-2H3. The van der Waals surface area contributed by atoms with Gasteiger partial charge in [0.05, 0.1) is 0 Å². The summed E-state index contributed by atoms with van der Waals surface area (Å²) in [6.45, 7) is 5.13. The zero-order valence-electron chi connectivity index (χ0n) is 14.0. The van der Waals surface area contributed by atoms with Gasteiger partial charge in [-0.3, -0.25) is 14.4 Å². The van der Waals surface area contributed by atoms with E-state index in [0.29, 0.717) is 30.9 Å². The van der Waals surface area contributed by atoms with Gasteiger partial charge >= 0.3 is 0 Å². The van der Waals surface area contributed by atoms with Gasteiger partial charge in [0.25, 0.3) is 0 Å². The molecule has 1 aromatic rings. The maximum absolute atomic E-state index is 12.2. The van der Waals surface area contributed by atoms with Crippen LogP contribution in [0, 0.1) is 12.8 Å². The van der Waals surface area contributed by atoms with Gasteiger partial charge in [-0.2, -0.15) is 0 Å². The number of hydrogen-bond donors (Lipinski definition) is 0. The molecule has 0 unspecified atom stereocenters. The Labute approximate surface area is 137 Å². The van der Waals surface area contributed by atoms with E-state index < -0.39 is 0 Å². The van der Waals surface area contributed by atoms with Crippen LogP contribution in [0.1, 0.15) is 54.9 Å². The van der Waals surface area contributed by atoms with Crippen molar-refractivity contribution in [1.29, 1.82) is 0 Å². The van der Waals surface area contributed by atoms with Crippen molar-refractivity contribution in [3.8, 4) is 0 Å². The van der Waals surface area contributed by atoms with Crippen molar-refractivity contribution >= 4 is 17.5 Å². The highest BCUT2D eigenvalue weighted by Gasteiger charge is 2.26. The third kappa shape index (κ3) is 4.75. The number of nitrogens with zero attached hydrogens (tertiary/aromatic N) is 1. The topological polar surface area (TPSA) is 54.5 Å². The molecule has 1 amide bonds. The van der Waals surface area contributed by atoms with Crippen molar-refractivity contribution in [2.45, 2.75) is 46.0 Å². The molecule has 0 bridgehead atoms. The quantitative estimate of drug-likeness (QED) is 0.758. The molecule has 0 radical (unpaired) electrons. The van der Waals surface area contributed by atoms with Gasteiger partial charge in [-0.25, -0.2) is 0 Å². The molecule has 1 aliphatic heterocycles. The second kappa shape index (κ2) is 8.04. The number of benzene rings is 1. The number of Topliss-reactive ketones (excluding diaryl/α,β-unsaturated/α-hetero) is 2. The second-order valence-corrected chi connectivity index (χ2v) is 6.26. The smallest absolute Gasteiger partial charge is 0.223 e. The van der Waals surface area contributed by atoms with Crippen LogP contribution >= 0.6 is 0 Å². The van der Waals surface area contributed by atoms with E-state index in [4.69, 9.17) is 0 Å². The fourth-order valence-corrected chi connectivity index (χ4v) is 3.00. The first kappa shape index (κ1) is 17.4. The van der Waals surface area contributed by atoms with Gasteiger partial charge in [0.2, 0.25) is 5.91 Å². The highest BCUT2D eigenvalue weighted by atomic mass is 16.2. The SMILES string of the molecule is CCC(=O)C1CCN(C(=O)CCC(=O)c2ccc(C)cc2)CC1. The van der Waals surface area contributed by atoms with Crippen molar-refractivity contribution in [3.63, 3.8) is 0 Å². The molecule has 0 aromatic heterocycles. The molecule has 0 spiro atoms. The van der Waals surface area contributed by atoms with E-state index in [0.717, 1.165) is 18.4 Å². The van der Waals surface area contributed by atoms with Gasteiger partial charge in [-0.15, -0.1) is 0 Å². The van der Waals surface area contributed by atoms with Crippen molar-refractivity contribution in [1.82, 2.24) is 4.90 Å². The maximum Gasteiger partial charge on any atom is 0.223 e. The van der Waals surface area contributed by atoms with Gasteiger partial charge in [-0.05, 0) is 19.8 Å². The molecule has 23 heavy (non-hydrogen) atoms. The number of amides is 1.